The SMILES string of the molecule is CCCCC/C=C\C/C=C\CCCCCCCCCC(=O)OCCCCCCCCCCCCC/C=C\CCCCCCCCCC(=O)NC(CO)C(O)CCCCCCCCCCCCCCCCCCCC. The molecule has 0 aromatic heterocycles. The van der Waals surface area contributed by atoms with Crippen molar-refractivity contribution >= 4 is 11.9 Å². The lowest BCUT2D eigenvalue weighted by Crippen LogP contribution is -2.45. The van der Waals surface area contributed by atoms with Gasteiger partial charge in [0.05, 0.1) is 25.4 Å². The van der Waals surface area contributed by atoms with Gasteiger partial charge < -0.3 is 20.3 Å². The molecule has 0 aliphatic heterocycles. The molecule has 0 saturated heterocycles. The molecule has 0 radical (unpaired) electrons. The van der Waals surface area contributed by atoms with Gasteiger partial charge in [0.15, 0.2) is 0 Å². The fraction of sp³-hybridized carbons (Fsp3) is 0.882. The van der Waals surface area contributed by atoms with Crippen molar-refractivity contribution in [3.05, 3.63) is 36.5 Å². The van der Waals surface area contributed by atoms with Crippen molar-refractivity contribution in [1.29, 1.82) is 0 Å². The minimum absolute atomic E-state index is 0.00262. The Hall–Kier alpha value is -1.92. The predicted octanol–water partition coefficient (Wildman–Crippen LogP) is 21.1. The first-order chi connectivity index (χ1) is 36.5. The lowest BCUT2D eigenvalue weighted by atomic mass is 10.0. The van der Waals surface area contributed by atoms with Crippen LogP contribution in [0, 0.1) is 0 Å². The van der Waals surface area contributed by atoms with Gasteiger partial charge in [-0.05, 0) is 83.5 Å². The topological polar surface area (TPSA) is 95.9 Å². The fourth-order valence-electron chi connectivity index (χ4n) is 10.3. The third-order valence-corrected chi connectivity index (χ3v) is 15.4. The van der Waals surface area contributed by atoms with Gasteiger partial charge in [0.2, 0.25) is 5.91 Å². The molecule has 6 heteroatoms. The van der Waals surface area contributed by atoms with Gasteiger partial charge in [0.25, 0.3) is 0 Å². The number of amides is 1. The van der Waals surface area contributed by atoms with Crippen LogP contribution in [-0.2, 0) is 14.3 Å². The van der Waals surface area contributed by atoms with E-state index in [1.165, 1.54) is 276 Å². The number of rotatable bonds is 62. The summed E-state index contributed by atoms with van der Waals surface area (Å²) in [6.45, 7) is 4.94. The molecule has 0 aromatic rings. The maximum atomic E-state index is 12.5. The van der Waals surface area contributed by atoms with Crippen LogP contribution in [0.4, 0.5) is 0 Å². The summed E-state index contributed by atoms with van der Waals surface area (Å²) < 4.78 is 5.49. The number of aliphatic hydroxyl groups is 2. The summed E-state index contributed by atoms with van der Waals surface area (Å²) in [6, 6.07) is -0.548. The quantitative estimate of drug-likeness (QED) is 0.0320. The van der Waals surface area contributed by atoms with Crippen LogP contribution < -0.4 is 5.32 Å². The van der Waals surface area contributed by atoms with Gasteiger partial charge >= 0.3 is 5.97 Å². The molecule has 0 bridgehead atoms. The number of carbonyl (C=O) groups excluding carboxylic acids is 2. The number of hydrogen-bond donors (Lipinski definition) is 3. The zero-order valence-electron chi connectivity index (χ0n) is 49.8. The number of unbranched alkanes of at least 4 members (excludes halogenated alkanes) is 45. The predicted molar refractivity (Wildman–Crippen MR) is 324 cm³/mol. The zero-order valence-corrected chi connectivity index (χ0v) is 49.8. The van der Waals surface area contributed by atoms with Crippen molar-refractivity contribution in [2.75, 3.05) is 13.2 Å². The third-order valence-electron chi connectivity index (χ3n) is 15.4. The number of ether oxygens (including phenoxy) is 1. The van der Waals surface area contributed by atoms with E-state index in [2.05, 4.69) is 55.6 Å². The summed E-state index contributed by atoms with van der Waals surface area (Å²) in [5.41, 5.74) is 0. The van der Waals surface area contributed by atoms with E-state index in [1.807, 2.05) is 0 Å². The minimum Gasteiger partial charge on any atom is -0.466 e. The second-order valence-corrected chi connectivity index (χ2v) is 22.8. The molecule has 0 aromatic carbocycles. The molecule has 1 amide bonds. The van der Waals surface area contributed by atoms with Gasteiger partial charge in [-0.15, -0.1) is 0 Å². The summed E-state index contributed by atoms with van der Waals surface area (Å²) in [5, 5.41) is 23.4. The monoisotopic (exact) mass is 1040 g/mol. The molecule has 3 N–H and O–H groups in total. The first kappa shape index (κ1) is 72.1. The zero-order chi connectivity index (χ0) is 53.6. The van der Waals surface area contributed by atoms with E-state index in [0.717, 1.165) is 51.4 Å². The average molecular weight is 1040 g/mol. The number of nitrogens with one attached hydrogen (secondary N) is 1. The second-order valence-electron chi connectivity index (χ2n) is 22.8. The molecule has 0 aliphatic rings. The van der Waals surface area contributed by atoms with E-state index in [9.17, 15) is 19.8 Å². The molecule has 6 nitrogen and oxygen atoms in total. The molecule has 0 saturated carbocycles. The second kappa shape index (κ2) is 63.6. The van der Waals surface area contributed by atoms with Crippen LogP contribution in [-0.4, -0.2) is 47.4 Å². The maximum Gasteiger partial charge on any atom is 0.305 e. The smallest absolute Gasteiger partial charge is 0.305 e. The van der Waals surface area contributed by atoms with Crippen molar-refractivity contribution in [3.63, 3.8) is 0 Å². The molecular formula is C68H129NO5. The largest absolute Gasteiger partial charge is 0.466 e. The first-order valence-electron chi connectivity index (χ1n) is 33.2. The Morgan fingerprint density at radius 1 is 0.378 bits per heavy atom. The highest BCUT2D eigenvalue weighted by Crippen LogP contribution is 2.18. The normalized spacial score (nSPS) is 12.8. The highest BCUT2D eigenvalue weighted by Gasteiger charge is 2.20. The van der Waals surface area contributed by atoms with Crippen LogP contribution in [0.1, 0.15) is 361 Å². The average Bonchev–Trinajstić information content (AvgIpc) is 3.40. The highest BCUT2D eigenvalue weighted by molar-refractivity contribution is 5.76. The van der Waals surface area contributed by atoms with Crippen molar-refractivity contribution < 1.29 is 24.5 Å². The summed E-state index contributed by atoms with van der Waals surface area (Å²) in [7, 11) is 0. The van der Waals surface area contributed by atoms with Crippen molar-refractivity contribution in [3.8, 4) is 0 Å². The van der Waals surface area contributed by atoms with E-state index in [1.54, 1.807) is 0 Å². The van der Waals surface area contributed by atoms with Gasteiger partial charge in [0.1, 0.15) is 0 Å². The summed E-state index contributed by atoms with van der Waals surface area (Å²) in [5.74, 6) is -0.0368. The van der Waals surface area contributed by atoms with Gasteiger partial charge in [0, 0.05) is 12.8 Å². The van der Waals surface area contributed by atoms with Crippen LogP contribution in [0.2, 0.25) is 0 Å². The van der Waals surface area contributed by atoms with Crippen LogP contribution in [0.3, 0.4) is 0 Å². The van der Waals surface area contributed by atoms with Gasteiger partial charge in [-0.25, -0.2) is 0 Å². The van der Waals surface area contributed by atoms with E-state index in [0.29, 0.717) is 25.9 Å². The molecule has 0 spiro atoms. The molecule has 74 heavy (non-hydrogen) atoms. The molecule has 0 fully saturated rings. The minimum atomic E-state index is -0.670. The van der Waals surface area contributed by atoms with Crippen molar-refractivity contribution in [2.24, 2.45) is 0 Å². The van der Waals surface area contributed by atoms with Crippen LogP contribution in [0.15, 0.2) is 36.5 Å². The Labute approximate surface area is 462 Å². The first-order valence-corrected chi connectivity index (χ1v) is 33.2. The van der Waals surface area contributed by atoms with Crippen molar-refractivity contribution in [2.45, 2.75) is 373 Å². The van der Waals surface area contributed by atoms with Crippen molar-refractivity contribution in [1.82, 2.24) is 5.32 Å². The number of aliphatic hydroxyl groups excluding tert-OH is 2. The number of hydrogen-bond acceptors (Lipinski definition) is 5. The fourth-order valence-corrected chi connectivity index (χ4v) is 10.3. The molecule has 0 aliphatic carbocycles. The summed E-state index contributed by atoms with van der Waals surface area (Å²) in [4.78, 5) is 24.6. The standard InChI is InChI=1S/C68H129NO5/c1-3-5-7-9-11-13-15-17-19-21-29-32-36-40-44-48-52-56-60-66(71)65(64-70)69-67(72)61-57-53-49-45-41-37-33-30-26-24-22-23-25-27-31-35-39-43-47-51-55-59-63-74-68(73)62-58-54-50-46-42-38-34-28-20-18-16-14-12-10-8-6-4-2/h12,14,18,20,24,26,65-66,70-71H,3-11,13,15-17,19,21-23,25,27-64H2,1-2H3,(H,69,72)/b14-12-,20-18-,26-24-. The van der Waals surface area contributed by atoms with E-state index >= 15 is 0 Å². The molecule has 2 atom stereocenters. The third kappa shape index (κ3) is 59.3. The van der Waals surface area contributed by atoms with Gasteiger partial charge in [-0.1, -0.05) is 301 Å². The lowest BCUT2D eigenvalue weighted by molar-refractivity contribution is -0.143. The Balaban J connectivity index is 3.41. The van der Waals surface area contributed by atoms with Gasteiger partial charge in [-0.3, -0.25) is 9.59 Å². The highest BCUT2D eigenvalue weighted by atomic mass is 16.5. The van der Waals surface area contributed by atoms with E-state index < -0.39 is 12.1 Å². The lowest BCUT2D eigenvalue weighted by Gasteiger charge is -2.22. The Bertz CT molecular complexity index is 1200. The Kier molecular flexibility index (Phi) is 62.0. The van der Waals surface area contributed by atoms with Crippen LogP contribution >= 0.6 is 0 Å². The van der Waals surface area contributed by atoms with Crippen LogP contribution in [0.5, 0.6) is 0 Å². The van der Waals surface area contributed by atoms with E-state index in [4.69, 9.17) is 4.74 Å². The summed E-state index contributed by atoms with van der Waals surface area (Å²) >= 11 is 0. The Morgan fingerprint density at radius 2 is 0.676 bits per heavy atom. The van der Waals surface area contributed by atoms with Gasteiger partial charge in [-0.2, -0.15) is 0 Å². The van der Waals surface area contributed by atoms with E-state index in [-0.39, 0.29) is 18.5 Å². The molecule has 436 valence electrons. The van der Waals surface area contributed by atoms with Crippen LogP contribution in [0.25, 0.3) is 0 Å². The molecule has 0 heterocycles. The maximum absolute atomic E-state index is 12.5. The number of esters is 1. The molecule has 0 rings (SSSR count). The summed E-state index contributed by atoms with van der Waals surface area (Å²) in [6.07, 6.45) is 80.2. The molecular weight excluding hydrogens is 911 g/mol. The Morgan fingerprint density at radius 3 is 1.07 bits per heavy atom. The number of carbonyl (C=O) groups is 2. The molecule has 2 unspecified atom stereocenters. The number of allylic oxidation sites excluding steroid dienone is 6.